The van der Waals surface area contributed by atoms with E-state index in [1.807, 2.05) is 30.3 Å². The monoisotopic (exact) mass is 214 g/mol. The Labute approximate surface area is 91.9 Å². The van der Waals surface area contributed by atoms with Gasteiger partial charge in [-0.05, 0) is 25.0 Å². The molecule has 4 nitrogen and oxygen atoms in total. The number of rotatable bonds is 2. The number of fused-ring (bicyclic) bond motifs is 1. The second-order valence-corrected chi connectivity index (χ2v) is 4.18. The van der Waals surface area contributed by atoms with Crippen LogP contribution in [0.25, 0.3) is 10.9 Å². The van der Waals surface area contributed by atoms with Crippen LogP contribution >= 0.6 is 0 Å². The summed E-state index contributed by atoms with van der Waals surface area (Å²) < 4.78 is 0. The molecule has 0 spiro atoms. The van der Waals surface area contributed by atoms with Crippen molar-refractivity contribution in [2.45, 2.75) is 18.3 Å². The van der Waals surface area contributed by atoms with Gasteiger partial charge in [0.25, 0.3) is 0 Å². The number of hydrogen-bond acceptors (Lipinski definition) is 3. The standard InChI is InChI=1S/C12H10N2O2/c15-11(16)12(5-6-12)10-7-8-3-1-2-4-9(8)13-14-10/h1-4,7H,5-6H2,(H,15,16). The summed E-state index contributed by atoms with van der Waals surface area (Å²) in [4.78, 5) is 11.2. The number of carboxylic acid groups (broad SMARTS) is 1. The molecule has 80 valence electrons. The SMILES string of the molecule is O=C(O)C1(c2cc3ccccc3nn2)CC1. The highest BCUT2D eigenvalue weighted by molar-refractivity contribution is 5.86. The molecule has 4 heteroatoms. The van der Waals surface area contributed by atoms with E-state index in [-0.39, 0.29) is 0 Å². The van der Waals surface area contributed by atoms with Gasteiger partial charge in [0.15, 0.2) is 0 Å². The molecule has 1 fully saturated rings. The molecule has 1 heterocycles. The molecule has 0 unspecified atom stereocenters. The minimum absolute atomic E-state index is 0.582. The van der Waals surface area contributed by atoms with Gasteiger partial charge in [0.05, 0.1) is 11.2 Å². The molecular weight excluding hydrogens is 204 g/mol. The largest absolute Gasteiger partial charge is 0.481 e. The Morgan fingerprint density at radius 1 is 1.25 bits per heavy atom. The maximum Gasteiger partial charge on any atom is 0.315 e. The van der Waals surface area contributed by atoms with E-state index in [0.29, 0.717) is 18.5 Å². The van der Waals surface area contributed by atoms with Crippen LogP contribution in [0.4, 0.5) is 0 Å². The van der Waals surface area contributed by atoms with E-state index in [1.165, 1.54) is 0 Å². The first-order valence-electron chi connectivity index (χ1n) is 5.19. The number of carbonyl (C=O) groups is 1. The second-order valence-electron chi connectivity index (χ2n) is 4.18. The topological polar surface area (TPSA) is 63.1 Å². The van der Waals surface area contributed by atoms with E-state index < -0.39 is 11.4 Å². The molecule has 0 saturated heterocycles. The number of hydrogen-bond donors (Lipinski definition) is 1. The van der Waals surface area contributed by atoms with Crippen molar-refractivity contribution in [3.63, 3.8) is 0 Å². The molecule has 1 aliphatic carbocycles. The molecule has 0 atom stereocenters. The van der Waals surface area contributed by atoms with Gasteiger partial charge < -0.3 is 5.11 Å². The summed E-state index contributed by atoms with van der Waals surface area (Å²) in [5.74, 6) is -0.794. The highest BCUT2D eigenvalue weighted by atomic mass is 16.4. The maximum atomic E-state index is 11.2. The van der Waals surface area contributed by atoms with E-state index in [2.05, 4.69) is 10.2 Å². The third kappa shape index (κ3) is 1.19. The van der Waals surface area contributed by atoms with Crippen molar-refractivity contribution < 1.29 is 9.90 Å². The fourth-order valence-electron chi connectivity index (χ4n) is 1.92. The highest BCUT2D eigenvalue weighted by Crippen LogP contribution is 2.47. The summed E-state index contributed by atoms with van der Waals surface area (Å²) in [6.45, 7) is 0. The van der Waals surface area contributed by atoms with Crippen LogP contribution in [-0.2, 0) is 10.2 Å². The molecule has 0 bridgehead atoms. The van der Waals surface area contributed by atoms with Crippen molar-refractivity contribution >= 4 is 16.9 Å². The van der Waals surface area contributed by atoms with Crippen molar-refractivity contribution in [2.24, 2.45) is 0 Å². The summed E-state index contributed by atoms with van der Waals surface area (Å²) in [6, 6.07) is 9.43. The van der Waals surface area contributed by atoms with E-state index in [0.717, 1.165) is 10.9 Å². The Balaban J connectivity index is 2.16. The van der Waals surface area contributed by atoms with Crippen molar-refractivity contribution in [3.05, 3.63) is 36.0 Å². The third-order valence-electron chi connectivity index (χ3n) is 3.14. The summed E-state index contributed by atoms with van der Waals surface area (Å²) >= 11 is 0. The van der Waals surface area contributed by atoms with Crippen LogP contribution in [0, 0.1) is 0 Å². The van der Waals surface area contributed by atoms with Crippen LogP contribution in [0.5, 0.6) is 0 Å². The van der Waals surface area contributed by atoms with Gasteiger partial charge in [-0.1, -0.05) is 18.2 Å². The minimum Gasteiger partial charge on any atom is -0.481 e. The predicted octanol–water partition coefficient (Wildman–Crippen LogP) is 1.75. The van der Waals surface area contributed by atoms with Gasteiger partial charge in [0, 0.05) is 5.39 Å². The molecule has 0 radical (unpaired) electrons. The smallest absolute Gasteiger partial charge is 0.315 e. The second kappa shape index (κ2) is 3.01. The zero-order valence-corrected chi connectivity index (χ0v) is 8.55. The number of nitrogens with zero attached hydrogens (tertiary/aromatic N) is 2. The number of benzene rings is 1. The highest BCUT2D eigenvalue weighted by Gasteiger charge is 2.53. The van der Waals surface area contributed by atoms with E-state index in [9.17, 15) is 4.79 Å². The fourth-order valence-corrected chi connectivity index (χ4v) is 1.92. The Bertz CT molecular complexity index is 576. The van der Waals surface area contributed by atoms with Crippen LogP contribution in [0.1, 0.15) is 18.5 Å². The normalized spacial score (nSPS) is 17.2. The Kier molecular flexibility index (Phi) is 1.74. The third-order valence-corrected chi connectivity index (χ3v) is 3.14. The number of carboxylic acids is 1. The number of aliphatic carboxylic acids is 1. The van der Waals surface area contributed by atoms with Gasteiger partial charge in [0.2, 0.25) is 0 Å². The molecule has 1 N–H and O–H groups in total. The molecule has 0 amide bonds. The van der Waals surface area contributed by atoms with E-state index in [1.54, 1.807) is 0 Å². The lowest BCUT2D eigenvalue weighted by atomic mass is 10.0. The molecule has 0 aliphatic heterocycles. The zero-order valence-electron chi connectivity index (χ0n) is 8.55. The first kappa shape index (κ1) is 9.27. The Hall–Kier alpha value is -1.97. The molecular formula is C12H10N2O2. The van der Waals surface area contributed by atoms with Crippen molar-refractivity contribution in [2.75, 3.05) is 0 Å². The number of aromatic nitrogens is 2. The first-order valence-corrected chi connectivity index (χ1v) is 5.19. The van der Waals surface area contributed by atoms with Crippen LogP contribution in [0.3, 0.4) is 0 Å². The lowest BCUT2D eigenvalue weighted by Gasteiger charge is -2.08. The lowest BCUT2D eigenvalue weighted by Crippen LogP contribution is -2.21. The molecule has 1 aromatic carbocycles. The average Bonchev–Trinajstić information content (AvgIpc) is 3.09. The van der Waals surface area contributed by atoms with Crippen LogP contribution in [-0.4, -0.2) is 21.3 Å². The lowest BCUT2D eigenvalue weighted by molar-refractivity contribution is -0.140. The molecule has 2 aromatic rings. The summed E-state index contributed by atoms with van der Waals surface area (Å²) in [5, 5.41) is 18.2. The van der Waals surface area contributed by atoms with Gasteiger partial charge in [-0.25, -0.2) is 0 Å². The van der Waals surface area contributed by atoms with Gasteiger partial charge in [0.1, 0.15) is 5.41 Å². The molecule has 3 rings (SSSR count). The Morgan fingerprint density at radius 2 is 2.00 bits per heavy atom. The van der Waals surface area contributed by atoms with Crippen LogP contribution in [0.2, 0.25) is 0 Å². The summed E-state index contributed by atoms with van der Waals surface area (Å²) in [6.07, 6.45) is 1.32. The molecule has 1 aromatic heterocycles. The molecule has 1 saturated carbocycles. The zero-order chi connectivity index (χ0) is 11.2. The van der Waals surface area contributed by atoms with E-state index >= 15 is 0 Å². The summed E-state index contributed by atoms with van der Waals surface area (Å²) in [7, 11) is 0. The average molecular weight is 214 g/mol. The van der Waals surface area contributed by atoms with Gasteiger partial charge in [-0.15, -0.1) is 0 Å². The van der Waals surface area contributed by atoms with Gasteiger partial charge in [-0.2, -0.15) is 10.2 Å². The quantitative estimate of drug-likeness (QED) is 0.827. The maximum absolute atomic E-state index is 11.2. The van der Waals surface area contributed by atoms with E-state index in [4.69, 9.17) is 5.11 Å². The van der Waals surface area contributed by atoms with Gasteiger partial charge >= 0.3 is 5.97 Å². The van der Waals surface area contributed by atoms with Crippen molar-refractivity contribution in [1.29, 1.82) is 0 Å². The van der Waals surface area contributed by atoms with Crippen molar-refractivity contribution in [1.82, 2.24) is 10.2 Å². The van der Waals surface area contributed by atoms with Crippen LogP contribution in [0.15, 0.2) is 30.3 Å². The Morgan fingerprint density at radius 3 is 2.69 bits per heavy atom. The van der Waals surface area contributed by atoms with Crippen LogP contribution < -0.4 is 0 Å². The molecule has 1 aliphatic rings. The summed E-state index contributed by atoms with van der Waals surface area (Å²) in [5.41, 5.74) is 0.614. The first-order chi connectivity index (χ1) is 7.72. The fraction of sp³-hybridized carbons (Fsp3) is 0.250. The predicted molar refractivity (Wildman–Crippen MR) is 58.1 cm³/mol. The van der Waals surface area contributed by atoms with Crippen molar-refractivity contribution in [3.8, 4) is 0 Å². The minimum atomic E-state index is -0.794. The van der Waals surface area contributed by atoms with Gasteiger partial charge in [-0.3, -0.25) is 4.79 Å². The molecule has 16 heavy (non-hydrogen) atoms.